The number of fused-ring (bicyclic) bond motifs is 1. The van der Waals surface area contributed by atoms with E-state index in [2.05, 4.69) is 12.1 Å². The molecule has 1 saturated carbocycles. The first-order chi connectivity index (χ1) is 8.29. The number of hydrogen-bond donors (Lipinski definition) is 1. The lowest BCUT2D eigenvalue weighted by molar-refractivity contribution is 0.0213. The van der Waals surface area contributed by atoms with Gasteiger partial charge in [0.1, 0.15) is 11.4 Å². The molecule has 2 N–H and O–H groups in total. The highest BCUT2D eigenvalue weighted by Crippen LogP contribution is 2.44. The van der Waals surface area contributed by atoms with E-state index in [4.69, 9.17) is 10.5 Å². The van der Waals surface area contributed by atoms with Crippen LogP contribution in [0.2, 0.25) is 0 Å². The molecule has 0 amide bonds. The van der Waals surface area contributed by atoms with Crippen LogP contribution in [0.15, 0.2) is 24.3 Å². The minimum atomic E-state index is 0.0320. The van der Waals surface area contributed by atoms with Crippen LogP contribution in [0.25, 0.3) is 0 Å². The summed E-state index contributed by atoms with van der Waals surface area (Å²) in [6.45, 7) is 0. The van der Waals surface area contributed by atoms with Crippen molar-refractivity contribution in [1.82, 2.24) is 0 Å². The molecule has 2 aliphatic rings. The van der Waals surface area contributed by atoms with Crippen molar-refractivity contribution in [2.24, 2.45) is 5.73 Å². The molecule has 3 rings (SSSR count). The van der Waals surface area contributed by atoms with E-state index in [-0.39, 0.29) is 11.6 Å². The second-order valence-corrected chi connectivity index (χ2v) is 5.55. The minimum absolute atomic E-state index is 0.0320. The summed E-state index contributed by atoms with van der Waals surface area (Å²) < 4.78 is 6.33. The highest BCUT2D eigenvalue weighted by Gasteiger charge is 2.39. The van der Waals surface area contributed by atoms with Gasteiger partial charge in [-0.2, -0.15) is 0 Å². The normalized spacial score (nSPS) is 27.0. The van der Waals surface area contributed by atoms with Crippen molar-refractivity contribution in [2.45, 2.75) is 56.6 Å². The van der Waals surface area contributed by atoms with Crippen LogP contribution in [0.1, 0.15) is 56.6 Å². The van der Waals surface area contributed by atoms with E-state index in [1.165, 1.54) is 44.1 Å². The molecule has 0 unspecified atom stereocenters. The lowest BCUT2D eigenvalue weighted by atomic mass is 9.82. The van der Waals surface area contributed by atoms with Crippen LogP contribution in [0, 0.1) is 0 Å². The Kier molecular flexibility index (Phi) is 2.83. The van der Waals surface area contributed by atoms with Crippen molar-refractivity contribution in [3.8, 4) is 5.75 Å². The Bertz CT molecular complexity index is 394. The van der Waals surface area contributed by atoms with E-state index in [9.17, 15) is 0 Å². The molecule has 2 nitrogen and oxygen atoms in total. The maximum atomic E-state index is 6.33. The molecular weight excluding hydrogens is 210 g/mol. The molecule has 0 radical (unpaired) electrons. The van der Waals surface area contributed by atoms with E-state index in [0.717, 1.165) is 12.2 Å². The smallest absolute Gasteiger partial charge is 0.124 e. The summed E-state index contributed by atoms with van der Waals surface area (Å²) in [5.41, 5.74) is 7.54. The fourth-order valence-corrected chi connectivity index (χ4v) is 3.34. The van der Waals surface area contributed by atoms with Crippen molar-refractivity contribution in [1.29, 1.82) is 0 Å². The Hall–Kier alpha value is -1.02. The van der Waals surface area contributed by atoms with Crippen LogP contribution in [-0.2, 0) is 0 Å². The Balaban J connectivity index is 1.91. The lowest BCUT2D eigenvalue weighted by Crippen LogP contribution is -2.42. The van der Waals surface area contributed by atoms with Crippen LogP contribution < -0.4 is 10.5 Å². The molecule has 0 bridgehead atoms. The third-order valence-corrected chi connectivity index (χ3v) is 4.25. The van der Waals surface area contributed by atoms with Gasteiger partial charge < -0.3 is 10.5 Å². The summed E-state index contributed by atoms with van der Waals surface area (Å²) in [4.78, 5) is 0. The van der Waals surface area contributed by atoms with Crippen molar-refractivity contribution in [3.05, 3.63) is 29.8 Å². The van der Waals surface area contributed by atoms with Gasteiger partial charge in [-0.05, 0) is 31.7 Å². The summed E-state index contributed by atoms with van der Waals surface area (Å²) in [5.74, 6) is 1.02. The molecule has 0 saturated heterocycles. The summed E-state index contributed by atoms with van der Waals surface area (Å²) >= 11 is 0. The van der Waals surface area contributed by atoms with E-state index < -0.39 is 0 Å². The Morgan fingerprint density at radius 3 is 2.53 bits per heavy atom. The molecule has 1 fully saturated rings. The average Bonchev–Trinajstić information content (AvgIpc) is 2.55. The van der Waals surface area contributed by atoms with Crippen molar-refractivity contribution < 1.29 is 4.74 Å². The summed E-state index contributed by atoms with van der Waals surface area (Å²) in [5, 5.41) is 0. The monoisotopic (exact) mass is 231 g/mol. The predicted octanol–water partition coefficient (Wildman–Crippen LogP) is 3.56. The zero-order valence-electron chi connectivity index (χ0n) is 10.3. The van der Waals surface area contributed by atoms with Crippen molar-refractivity contribution in [3.63, 3.8) is 0 Å². The predicted molar refractivity (Wildman–Crippen MR) is 69.0 cm³/mol. The van der Waals surface area contributed by atoms with Crippen LogP contribution in [0.3, 0.4) is 0 Å². The zero-order valence-corrected chi connectivity index (χ0v) is 10.3. The van der Waals surface area contributed by atoms with Gasteiger partial charge in [-0.15, -0.1) is 0 Å². The highest BCUT2D eigenvalue weighted by molar-refractivity contribution is 5.38. The van der Waals surface area contributed by atoms with Gasteiger partial charge in [0.2, 0.25) is 0 Å². The van der Waals surface area contributed by atoms with E-state index in [1.54, 1.807) is 0 Å². The van der Waals surface area contributed by atoms with Gasteiger partial charge in [-0.3, -0.25) is 0 Å². The largest absolute Gasteiger partial charge is 0.487 e. The fourth-order valence-electron chi connectivity index (χ4n) is 3.34. The maximum Gasteiger partial charge on any atom is 0.124 e. The first-order valence-electron chi connectivity index (χ1n) is 6.83. The molecule has 1 aromatic carbocycles. The Labute approximate surface area is 103 Å². The molecule has 1 aliphatic carbocycles. The molecular formula is C15H21NO. The lowest BCUT2D eigenvalue weighted by Gasteiger charge is -2.41. The van der Waals surface area contributed by atoms with Gasteiger partial charge in [-0.1, -0.05) is 31.0 Å². The summed E-state index contributed by atoms with van der Waals surface area (Å²) in [7, 11) is 0. The van der Waals surface area contributed by atoms with E-state index in [1.807, 2.05) is 12.1 Å². The average molecular weight is 231 g/mol. The molecule has 0 aromatic heterocycles. The molecule has 1 heterocycles. The minimum Gasteiger partial charge on any atom is -0.487 e. The van der Waals surface area contributed by atoms with Gasteiger partial charge in [-0.25, -0.2) is 0 Å². The highest BCUT2D eigenvalue weighted by atomic mass is 16.5. The summed E-state index contributed by atoms with van der Waals surface area (Å²) in [6, 6.07) is 8.41. The van der Waals surface area contributed by atoms with E-state index >= 15 is 0 Å². The fraction of sp³-hybridized carbons (Fsp3) is 0.600. The number of ether oxygens (including phenoxy) is 1. The molecule has 92 valence electrons. The number of hydrogen-bond acceptors (Lipinski definition) is 2. The van der Waals surface area contributed by atoms with Gasteiger partial charge in [0.15, 0.2) is 0 Å². The molecule has 17 heavy (non-hydrogen) atoms. The SMILES string of the molecule is N[C@@H]1CC2(CCCCCC2)Oc2ccccc21. The number of para-hydroxylation sites is 1. The first kappa shape index (κ1) is 11.1. The van der Waals surface area contributed by atoms with Crippen molar-refractivity contribution in [2.75, 3.05) is 0 Å². The second kappa shape index (κ2) is 4.34. The van der Waals surface area contributed by atoms with Crippen LogP contribution >= 0.6 is 0 Å². The Morgan fingerprint density at radius 2 is 1.76 bits per heavy atom. The standard InChI is InChI=1S/C15H21NO/c16-13-11-15(9-5-1-2-6-10-15)17-14-8-4-3-7-12(13)14/h3-4,7-8,13H,1-2,5-6,9-11,16H2/t13-/m1/s1. The molecule has 1 aliphatic heterocycles. The van der Waals surface area contributed by atoms with Crippen LogP contribution in [0.4, 0.5) is 0 Å². The maximum absolute atomic E-state index is 6.33. The van der Waals surface area contributed by atoms with Crippen molar-refractivity contribution >= 4 is 0 Å². The molecule has 1 atom stereocenters. The zero-order chi connectivity index (χ0) is 11.7. The topological polar surface area (TPSA) is 35.2 Å². The third-order valence-electron chi connectivity index (χ3n) is 4.25. The van der Waals surface area contributed by atoms with Gasteiger partial charge >= 0.3 is 0 Å². The summed E-state index contributed by atoms with van der Waals surface area (Å²) in [6.07, 6.45) is 8.61. The van der Waals surface area contributed by atoms with Crippen LogP contribution in [-0.4, -0.2) is 5.60 Å². The second-order valence-electron chi connectivity index (χ2n) is 5.55. The van der Waals surface area contributed by atoms with E-state index in [0.29, 0.717) is 0 Å². The number of benzene rings is 1. The van der Waals surface area contributed by atoms with Gasteiger partial charge in [0.25, 0.3) is 0 Å². The van der Waals surface area contributed by atoms with Crippen LogP contribution in [0.5, 0.6) is 5.75 Å². The first-order valence-corrected chi connectivity index (χ1v) is 6.83. The quantitative estimate of drug-likeness (QED) is 0.741. The van der Waals surface area contributed by atoms with Gasteiger partial charge in [0.05, 0.1) is 0 Å². The Morgan fingerprint density at radius 1 is 1.06 bits per heavy atom. The molecule has 1 spiro atoms. The number of nitrogens with two attached hydrogens (primary N) is 1. The van der Waals surface area contributed by atoms with Gasteiger partial charge in [0, 0.05) is 18.0 Å². The number of rotatable bonds is 0. The molecule has 1 aromatic rings. The third kappa shape index (κ3) is 2.06. The molecule has 2 heteroatoms.